The summed E-state index contributed by atoms with van der Waals surface area (Å²) in [5, 5.41) is 15.3. The quantitative estimate of drug-likeness (QED) is 0.839. The third kappa shape index (κ3) is 3.05. The van der Waals surface area contributed by atoms with E-state index in [-0.39, 0.29) is 6.04 Å². The number of likely N-dealkylation sites (N-methyl/N-ethyl adjacent to an activating group) is 1. The van der Waals surface area contributed by atoms with Crippen LogP contribution in [0.15, 0.2) is 18.2 Å². The fourth-order valence-electron chi connectivity index (χ4n) is 2.07. The van der Waals surface area contributed by atoms with Gasteiger partial charge in [-0.2, -0.15) is 4.80 Å². The Hall–Kier alpha value is -2.15. The second-order valence-electron chi connectivity index (χ2n) is 4.35. The first kappa shape index (κ1) is 14.3. The van der Waals surface area contributed by atoms with E-state index in [1.54, 1.807) is 21.3 Å². The average molecular weight is 277 g/mol. The van der Waals surface area contributed by atoms with Crippen molar-refractivity contribution in [3.8, 4) is 11.5 Å². The van der Waals surface area contributed by atoms with E-state index in [9.17, 15) is 0 Å². The van der Waals surface area contributed by atoms with E-state index in [0.29, 0.717) is 12.2 Å². The van der Waals surface area contributed by atoms with Crippen LogP contribution in [0, 0.1) is 0 Å². The van der Waals surface area contributed by atoms with Crippen molar-refractivity contribution >= 4 is 0 Å². The molecular formula is C13H19N5O2. The molecule has 20 heavy (non-hydrogen) atoms. The molecule has 1 N–H and O–H groups in total. The summed E-state index contributed by atoms with van der Waals surface area (Å²) < 4.78 is 10.7. The van der Waals surface area contributed by atoms with Gasteiger partial charge in [-0.05, 0) is 30.5 Å². The van der Waals surface area contributed by atoms with Gasteiger partial charge in [0.2, 0.25) is 0 Å². The van der Waals surface area contributed by atoms with Crippen molar-refractivity contribution in [2.75, 3.05) is 21.3 Å². The average Bonchev–Trinajstić information content (AvgIpc) is 2.89. The molecule has 1 heterocycles. The van der Waals surface area contributed by atoms with E-state index in [2.05, 4.69) is 20.7 Å². The van der Waals surface area contributed by atoms with Crippen LogP contribution in [0.1, 0.15) is 17.4 Å². The Morgan fingerprint density at radius 2 is 2.10 bits per heavy atom. The van der Waals surface area contributed by atoms with Crippen molar-refractivity contribution in [2.45, 2.75) is 12.5 Å². The monoisotopic (exact) mass is 277 g/mol. The molecule has 2 rings (SSSR count). The summed E-state index contributed by atoms with van der Waals surface area (Å²) in [5.74, 6) is 2.26. The fourth-order valence-corrected chi connectivity index (χ4v) is 2.07. The van der Waals surface area contributed by atoms with Crippen molar-refractivity contribution in [1.29, 1.82) is 0 Å². The lowest BCUT2D eigenvalue weighted by molar-refractivity contribution is 0.390. The predicted octanol–water partition coefficient (Wildman–Crippen LogP) is 0.730. The van der Waals surface area contributed by atoms with E-state index in [4.69, 9.17) is 9.47 Å². The molecular weight excluding hydrogens is 258 g/mol. The highest BCUT2D eigenvalue weighted by Gasteiger charge is 2.18. The number of tetrazole rings is 1. The first-order valence-corrected chi connectivity index (χ1v) is 6.30. The minimum absolute atomic E-state index is 0.0178. The minimum atomic E-state index is 0.0178. The zero-order valence-corrected chi connectivity index (χ0v) is 12.1. The SMILES string of the molecule is CNC(Cc1nnn(C)n1)c1cc(OC)ccc1OC. The molecule has 7 heteroatoms. The van der Waals surface area contributed by atoms with Gasteiger partial charge in [-0.15, -0.1) is 10.2 Å². The largest absolute Gasteiger partial charge is 0.497 e. The summed E-state index contributed by atoms with van der Waals surface area (Å²) in [6, 6.07) is 5.73. The van der Waals surface area contributed by atoms with Crippen LogP contribution in [-0.2, 0) is 13.5 Å². The Morgan fingerprint density at radius 3 is 2.65 bits per heavy atom. The van der Waals surface area contributed by atoms with Crippen molar-refractivity contribution in [2.24, 2.45) is 7.05 Å². The predicted molar refractivity (Wildman–Crippen MR) is 73.8 cm³/mol. The first-order chi connectivity index (χ1) is 9.67. The lowest BCUT2D eigenvalue weighted by atomic mass is 10.0. The summed E-state index contributed by atoms with van der Waals surface area (Å²) in [6.45, 7) is 0. The summed E-state index contributed by atoms with van der Waals surface area (Å²) in [5.41, 5.74) is 1.00. The Morgan fingerprint density at radius 1 is 1.30 bits per heavy atom. The van der Waals surface area contributed by atoms with Gasteiger partial charge >= 0.3 is 0 Å². The molecule has 1 atom stereocenters. The smallest absolute Gasteiger partial charge is 0.176 e. The Balaban J connectivity index is 2.30. The molecule has 0 saturated heterocycles. The molecule has 7 nitrogen and oxygen atoms in total. The van der Waals surface area contributed by atoms with Crippen molar-refractivity contribution < 1.29 is 9.47 Å². The second-order valence-corrected chi connectivity index (χ2v) is 4.35. The third-order valence-corrected chi connectivity index (χ3v) is 3.10. The van der Waals surface area contributed by atoms with Crippen LogP contribution in [0.5, 0.6) is 11.5 Å². The molecule has 1 aromatic carbocycles. The van der Waals surface area contributed by atoms with Crippen molar-refractivity contribution in [1.82, 2.24) is 25.5 Å². The number of benzene rings is 1. The minimum Gasteiger partial charge on any atom is -0.497 e. The third-order valence-electron chi connectivity index (χ3n) is 3.10. The number of ether oxygens (including phenoxy) is 2. The Labute approximate surface area is 117 Å². The first-order valence-electron chi connectivity index (χ1n) is 6.30. The number of methoxy groups -OCH3 is 2. The molecule has 1 unspecified atom stereocenters. The van der Waals surface area contributed by atoms with Gasteiger partial charge in [-0.25, -0.2) is 0 Å². The normalized spacial score (nSPS) is 12.2. The number of hydrogen-bond donors (Lipinski definition) is 1. The summed E-state index contributed by atoms with van der Waals surface area (Å²) >= 11 is 0. The van der Waals surface area contributed by atoms with Gasteiger partial charge in [0.25, 0.3) is 0 Å². The van der Waals surface area contributed by atoms with E-state index in [1.165, 1.54) is 4.80 Å². The zero-order valence-electron chi connectivity index (χ0n) is 12.1. The lowest BCUT2D eigenvalue weighted by Crippen LogP contribution is -2.20. The molecule has 0 amide bonds. The summed E-state index contributed by atoms with van der Waals surface area (Å²) in [7, 11) is 6.93. The molecule has 0 saturated carbocycles. The molecule has 0 aliphatic rings. The molecule has 0 radical (unpaired) electrons. The van der Waals surface area contributed by atoms with Crippen LogP contribution >= 0.6 is 0 Å². The molecule has 2 aromatic rings. The van der Waals surface area contributed by atoms with Gasteiger partial charge in [-0.1, -0.05) is 0 Å². The van der Waals surface area contributed by atoms with E-state index < -0.39 is 0 Å². The molecule has 0 fully saturated rings. The fraction of sp³-hybridized carbons (Fsp3) is 0.462. The van der Waals surface area contributed by atoms with Gasteiger partial charge in [-0.3, -0.25) is 0 Å². The highest BCUT2D eigenvalue weighted by molar-refractivity contribution is 5.42. The van der Waals surface area contributed by atoms with Gasteiger partial charge in [0.05, 0.1) is 21.3 Å². The number of rotatable bonds is 6. The van der Waals surface area contributed by atoms with Crippen LogP contribution in [0.4, 0.5) is 0 Å². The summed E-state index contributed by atoms with van der Waals surface area (Å²) in [6.07, 6.45) is 0.619. The molecule has 108 valence electrons. The van der Waals surface area contributed by atoms with Crippen molar-refractivity contribution in [3.05, 3.63) is 29.6 Å². The number of nitrogens with one attached hydrogen (secondary N) is 1. The van der Waals surface area contributed by atoms with E-state index in [1.807, 2.05) is 25.2 Å². The number of aromatic nitrogens is 4. The van der Waals surface area contributed by atoms with Gasteiger partial charge in [0, 0.05) is 18.0 Å². The highest BCUT2D eigenvalue weighted by Crippen LogP contribution is 2.30. The Bertz CT molecular complexity index is 570. The zero-order chi connectivity index (χ0) is 14.5. The van der Waals surface area contributed by atoms with E-state index >= 15 is 0 Å². The lowest BCUT2D eigenvalue weighted by Gasteiger charge is -2.18. The maximum absolute atomic E-state index is 5.41. The highest BCUT2D eigenvalue weighted by atomic mass is 16.5. The maximum atomic E-state index is 5.41. The van der Waals surface area contributed by atoms with Gasteiger partial charge in [0.1, 0.15) is 11.5 Å². The van der Waals surface area contributed by atoms with Gasteiger partial charge < -0.3 is 14.8 Å². The molecule has 1 aromatic heterocycles. The molecule has 0 spiro atoms. The van der Waals surface area contributed by atoms with Crippen molar-refractivity contribution in [3.63, 3.8) is 0 Å². The number of aryl methyl sites for hydroxylation is 1. The number of nitrogens with zero attached hydrogens (tertiary/aromatic N) is 4. The summed E-state index contributed by atoms with van der Waals surface area (Å²) in [4.78, 5) is 1.45. The maximum Gasteiger partial charge on any atom is 0.176 e. The molecule has 0 bridgehead atoms. The van der Waals surface area contributed by atoms with Crippen LogP contribution in [0.2, 0.25) is 0 Å². The molecule has 0 aliphatic carbocycles. The van der Waals surface area contributed by atoms with Crippen LogP contribution in [0.25, 0.3) is 0 Å². The van der Waals surface area contributed by atoms with Crippen LogP contribution < -0.4 is 14.8 Å². The Kier molecular flexibility index (Phi) is 4.52. The standard InChI is InChI=1S/C13H19N5O2/c1-14-11(8-13-15-17-18(2)16-13)10-7-9(19-3)5-6-12(10)20-4/h5-7,11,14H,8H2,1-4H3. The van der Waals surface area contributed by atoms with Crippen LogP contribution in [-0.4, -0.2) is 41.5 Å². The molecule has 0 aliphatic heterocycles. The van der Waals surface area contributed by atoms with Gasteiger partial charge in [0.15, 0.2) is 5.82 Å². The topological polar surface area (TPSA) is 74.1 Å². The second kappa shape index (κ2) is 6.33. The van der Waals surface area contributed by atoms with Crippen LogP contribution in [0.3, 0.4) is 0 Å². The number of hydrogen-bond acceptors (Lipinski definition) is 6. The van der Waals surface area contributed by atoms with E-state index in [0.717, 1.165) is 17.1 Å².